The van der Waals surface area contributed by atoms with Gasteiger partial charge in [0.2, 0.25) is 0 Å². The number of benzene rings is 3. The zero-order valence-corrected chi connectivity index (χ0v) is 18.8. The van der Waals surface area contributed by atoms with Crippen LogP contribution in [0.2, 0.25) is 5.02 Å². The number of ether oxygens (including phenoxy) is 1. The number of anilines is 1. The van der Waals surface area contributed by atoms with Crippen LogP contribution < -0.4 is 10.1 Å². The van der Waals surface area contributed by atoms with Gasteiger partial charge in [0, 0.05) is 20.7 Å². The average Bonchev–Trinajstić information content (AvgIpc) is 2.75. The Balaban J connectivity index is 1.84. The highest BCUT2D eigenvalue weighted by Crippen LogP contribution is 2.27. The largest absolute Gasteiger partial charge is 0.488 e. The van der Waals surface area contributed by atoms with Gasteiger partial charge in [0.1, 0.15) is 29.8 Å². The predicted molar refractivity (Wildman–Crippen MR) is 123 cm³/mol. The zero-order valence-electron chi connectivity index (χ0n) is 16.5. The summed E-state index contributed by atoms with van der Waals surface area (Å²) in [4.78, 5) is 12.7. The van der Waals surface area contributed by atoms with Crippen molar-refractivity contribution >= 4 is 45.2 Å². The van der Waals surface area contributed by atoms with E-state index in [9.17, 15) is 14.4 Å². The monoisotopic (exact) mass is 498 g/mol. The summed E-state index contributed by atoms with van der Waals surface area (Å²) in [6.45, 7) is 1.99. The van der Waals surface area contributed by atoms with Gasteiger partial charge in [0.05, 0.1) is 0 Å². The van der Waals surface area contributed by atoms with Crippen LogP contribution >= 0.6 is 27.5 Å². The molecule has 3 aromatic carbocycles. The first-order valence-corrected chi connectivity index (χ1v) is 10.4. The first kappa shape index (κ1) is 22.5. The molecule has 4 nitrogen and oxygen atoms in total. The Kier molecular flexibility index (Phi) is 7.45. The van der Waals surface area contributed by atoms with Crippen LogP contribution in [0.4, 0.5) is 10.1 Å². The number of nitrogens with one attached hydrogen (secondary N) is 1. The van der Waals surface area contributed by atoms with E-state index in [1.807, 2.05) is 6.07 Å². The van der Waals surface area contributed by atoms with Crippen molar-refractivity contribution in [2.75, 3.05) is 5.32 Å². The van der Waals surface area contributed by atoms with Gasteiger partial charge >= 0.3 is 0 Å². The quantitative estimate of drug-likeness (QED) is 0.304. The predicted octanol–water partition coefficient (Wildman–Crippen LogP) is 6.67. The second-order valence-electron chi connectivity index (χ2n) is 6.63. The molecule has 1 N–H and O–H groups in total. The van der Waals surface area contributed by atoms with Gasteiger partial charge in [-0.05, 0) is 66.6 Å². The summed E-state index contributed by atoms with van der Waals surface area (Å²) in [6, 6.07) is 18.3. The second kappa shape index (κ2) is 10.3. The van der Waals surface area contributed by atoms with E-state index in [-0.39, 0.29) is 18.0 Å². The highest BCUT2D eigenvalue weighted by molar-refractivity contribution is 9.10. The van der Waals surface area contributed by atoms with Gasteiger partial charge in [-0.3, -0.25) is 4.79 Å². The molecule has 1 amide bonds. The number of nitrogens with zero attached hydrogens (tertiary/aromatic N) is 1. The highest BCUT2D eigenvalue weighted by Gasteiger charge is 2.14. The van der Waals surface area contributed by atoms with Crippen molar-refractivity contribution in [2.24, 2.45) is 0 Å². The lowest BCUT2D eigenvalue weighted by molar-refractivity contribution is -0.112. The van der Waals surface area contributed by atoms with E-state index in [0.717, 1.165) is 10.0 Å². The van der Waals surface area contributed by atoms with E-state index in [1.165, 1.54) is 18.2 Å². The zero-order chi connectivity index (χ0) is 22.4. The van der Waals surface area contributed by atoms with E-state index >= 15 is 0 Å². The highest BCUT2D eigenvalue weighted by atomic mass is 79.9. The normalized spacial score (nSPS) is 11.0. The van der Waals surface area contributed by atoms with Gasteiger partial charge in [-0.25, -0.2) is 4.39 Å². The summed E-state index contributed by atoms with van der Waals surface area (Å²) in [6.07, 6.45) is 1.46. The molecule has 0 saturated carbocycles. The number of hydrogen-bond donors (Lipinski definition) is 1. The molecule has 3 aromatic rings. The van der Waals surface area contributed by atoms with Gasteiger partial charge in [-0.15, -0.1) is 0 Å². The Morgan fingerprint density at radius 1 is 1.23 bits per heavy atom. The van der Waals surface area contributed by atoms with E-state index in [2.05, 4.69) is 21.2 Å². The molecule has 0 atom stereocenters. The molecule has 0 heterocycles. The molecule has 0 aliphatic carbocycles. The molecule has 0 aliphatic rings. The summed E-state index contributed by atoms with van der Waals surface area (Å²) < 4.78 is 19.7. The van der Waals surface area contributed by atoms with Crippen LogP contribution in [0.5, 0.6) is 5.75 Å². The number of nitriles is 1. The Hall–Kier alpha value is -3.14. The third-order valence-electron chi connectivity index (χ3n) is 4.46. The van der Waals surface area contributed by atoms with Crippen LogP contribution in [0.3, 0.4) is 0 Å². The van der Waals surface area contributed by atoms with Crippen molar-refractivity contribution in [3.63, 3.8) is 0 Å². The van der Waals surface area contributed by atoms with Crippen LogP contribution in [-0.2, 0) is 11.4 Å². The third-order valence-corrected chi connectivity index (χ3v) is 5.36. The SMILES string of the molecule is Cc1c(Cl)cccc1NC(=O)/C(C#N)=C\c1cc(Br)ccc1OCc1ccc(F)cc1. The van der Waals surface area contributed by atoms with Crippen molar-refractivity contribution in [3.05, 3.63) is 98.2 Å². The molecular formula is C24H17BrClFN2O2. The summed E-state index contributed by atoms with van der Waals surface area (Å²) >= 11 is 9.50. The van der Waals surface area contributed by atoms with Gasteiger partial charge in [0.25, 0.3) is 5.91 Å². The van der Waals surface area contributed by atoms with Crippen molar-refractivity contribution in [2.45, 2.75) is 13.5 Å². The van der Waals surface area contributed by atoms with Gasteiger partial charge in [0.15, 0.2) is 0 Å². The standard InChI is InChI=1S/C24H17BrClFN2O2/c1-15-21(26)3-2-4-22(15)29-24(30)18(13-28)11-17-12-19(25)7-10-23(17)31-14-16-5-8-20(27)9-6-16/h2-12H,14H2,1H3,(H,29,30)/b18-11-. The average molecular weight is 500 g/mol. The fourth-order valence-corrected chi connectivity index (χ4v) is 3.30. The Morgan fingerprint density at radius 3 is 2.68 bits per heavy atom. The van der Waals surface area contributed by atoms with Gasteiger partial charge in [-0.2, -0.15) is 5.26 Å². The number of hydrogen-bond acceptors (Lipinski definition) is 3. The van der Waals surface area contributed by atoms with Crippen LogP contribution in [0, 0.1) is 24.1 Å². The smallest absolute Gasteiger partial charge is 0.266 e. The summed E-state index contributed by atoms with van der Waals surface area (Å²) in [5, 5.41) is 12.8. The Labute approximate surface area is 193 Å². The molecule has 0 unspecified atom stereocenters. The molecule has 0 radical (unpaired) electrons. The van der Waals surface area contributed by atoms with Crippen LogP contribution in [0.15, 0.2) is 70.7 Å². The maximum atomic E-state index is 13.1. The lowest BCUT2D eigenvalue weighted by atomic mass is 10.1. The molecule has 0 bridgehead atoms. The van der Waals surface area contributed by atoms with Crippen molar-refractivity contribution in [1.82, 2.24) is 0 Å². The molecule has 0 spiro atoms. The topological polar surface area (TPSA) is 62.1 Å². The summed E-state index contributed by atoms with van der Waals surface area (Å²) in [7, 11) is 0. The fourth-order valence-electron chi connectivity index (χ4n) is 2.74. The first-order chi connectivity index (χ1) is 14.9. The maximum Gasteiger partial charge on any atom is 0.266 e. The number of rotatable bonds is 6. The van der Waals surface area contributed by atoms with E-state index < -0.39 is 5.91 Å². The minimum atomic E-state index is -0.558. The number of halogens is 3. The second-order valence-corrected chi connectivity index (χ2v) is 7.96. The Bertz CT molecular complexity index is 1190. The van der Waals surface area contributed by atoms with Crippen LogP contribution in [-0.4, -0.2) is 5.91 Å². The van der Waals surface area contributed by atoms with E-state index in [1.54, 1.807) is 55.5 Å². The van der Waals surface area contributed by atoms with Gasteiger partial charge in [-0.1, -0.05) is 45.7 Å². The molecule has 3 rings (SSSR count). The number of amides is 1. The minimum absolute atomic E-state index is 0.0934. The van der Waals surface area contributed by atoms with Crippen molar-refractivity contribution < 1.29 is 13.9 Å². The van der Waals surface area contributed by atoms with Crippen molar-refractivity contribution in [1.29, 1.82) is 5.26 Å². The maximum absolute atomic E-state index is 13.1. The minimum Gasteiger partial charge on any atom is -0.488 e. The lowest BCUT2D eigenvalue weighted by Gasteiger charge is -2.11. The molecule has 0 aliphatic heterocycles. The van der Waals surface area contributed by atoms with E-state index in [0.29, 0.717) is 27.6 Å². The van der Waals surface area contributed by atoms with Crippen LogP contribution in [0.25, 0.3) is 6.08 Å². The molecule has 156 valence electrons. The van der Waals surface area contributed by atoms with Crippen molar-refractivity contribution in [3.8, 4) is 11.8 Å². The van der Waals surface area contributed by atoms with Gasteiger partial charge < -0.3 is 10.1 Å². The molecule has 7 heteroatoms. The Morgan fingerprint density at radius 2 is 1.97 bits per heavy atom. The summed E-state index contributed by atoms with van der Waals surface area (Å²) in [5.74, 6) is -0.403. The third kappa shape index (κ3) is 5.94. The molecule has 0 saturated heterocycles. The molecule has 0 aromatic heterocycles. The van der Waals surface area contributed by atoms with Crippen LogP contribution in [0.1, 0.15) is 16.7 Å². The molecule has 0 fully saturated rings. The molecular weight excluding hydrogens is 483 g/mol. The number of carbonyl (C=O) groups is 1. The first-order valence-electron chi connectivity index (χ1n) is 9.22. The number of carbonyl (C=O) groups excluding carboxylic acids is 1. The molecule has 31 heavy (non-hydrogen) atoms. The summed E-state index contributed by atoms with van der Waals surface area (Å²) in [5.41, 5.74) is 2.48. The lowest BCUT2D eigenvalue weighted by Crippen LogP contribution is -2.14. The fraction of sp³-hybridized carbons (Fsp3) is 0.0833. The van der Waals surface area contributed by atoms with E-state index in [4.69, 9.17) is 16.3 Å².